The number of aromatic nitrogens is 2. The largest absolute Gasteiger partial charge is 0.341 e. The van der Waals surface area contributed by atoms with Crippen molar-refractivity contribution >= 4 is 17.5 Å². The SMILES string of the molecule is Cc1cc(F)ccc1NC(=O)CC[C@@H]1CCCN(C(=O)Cn2cccn2)C1. The van der Waals surface area contributed by atoms with E-state index in [1.54, 1.807) is 36.1 Å². The number of piperidine rings is 1. The molecule has 2 heterocycles. The molecule has 1 N–H and O–H groups in total. The number of halogens is 1. The van der Waals surface area contributed by atoms with Crippen molar-refractivity contribution in [1.29, 1.82) is 0 Å². The molecule has 0 unspecified atom stereocenters. The predicted octanol–water partition coefficient (Wildman–Crippen LogP) is 2.99. The van der Waals surface area contributed by atoms with E-state index in [0.717, 1.165) is 25.8 Å². The molecule has 1 aromatic heterocycles. The fourth-order valence-corrected chi connectivity index (χ4v) is 3.48. The van der Waals surface area contributed by atoms with E-state index in [9.17, 15) is 14.0 Å². The average Bonchev–Trinajstić information content (AvgIpc) is 3.15. The summed E-state index contributed by atoms with van der Waals surface area (Å²) in [6.45, 7) is 3.47. The first-order chi connectivity index (χ1) is 13.0. The standard InChI is InChI=1S/C20H25FN4O2/c1-15-12-17(21)6-7-18(15)23-19(26)8-5-16-4-2-10-24(13-16)20(27)14-25-11-3-9-22-25/h3,6-7,9,11-12,16H,2,4-5,8,10,13-14H2,1H3,(H,23,26)/t16-/m0/s1. The number of likely N-dealkylation sites (tertiary alicyclic amines) is 1. The fourth-order valence-electron chi connectivity index (χ4n) is 3.48. The second kappa shape index (κ2) is 8.79. The number of hydrogen-bond acceptors (Lipinski definition) is 3. The number of carbonyl (C=O) groups excluding carboxylic acids is 2. The normalized spacial score (nSPS) is 17.0. The number of rotatable bonds is 6. The minimum Gasteiger partial charge on any atom is -0.341 e. The van der Waals surface area contributed by atoms with Gasteiger partial charge in [0, 0.05) is 37.6 Å². The lowest BCUT2D eigenvalue weighted by molar-refractivity contribution is -0.133. The van der Waals surface area contributed by atoms with Gasteiger partial charge in [-0.1, -0.05) is 0 Å². The molecule has 1 saturated heterocycles. The summed E-state index contributed by atoms with van der Waals surface area (Å²) in [5, 5.41) is 6.92. The second-order valence-corrected chi connectivity index (χ2v) is 7.10. The Morgan fingerprint density at radius 2 is 2.22 bits per heavy atom. The van der Waals surface area contributed by atoms with Crippen LogP contribution in [0.1, 0.15) is 31.2 Å². The van der Waals surface area contributed by atoms with Gasteiger partial charge in [-0.25, -0.2) is 4.39 Å². The molecule has 0 aliphatic carbocycles. The highest BCUT2D eigenvalue weighted by Crippen LogP contribution is 2.22. The molecule has 7 heteroatoms. The molecular weight excluding hydrogens is 347 g/mol. The zero-order valence-electron chi connectivity index (χ0n) is 15.5. The number of nitrogens with one attached hydrogen (secondary N) is 1. The monoisotopic (exact) mass is 372 g/mol. The molecule has 2 aromatic rings. The summed E-state index contributed by atoms with van der Waals surface area (Å²) in [7, 11) is 0. The molecule has 1 aliphatic rings. The highest BCUT2D eigenvalue weighted by atomic mass is 19.1. The van der Waals surface area contributed by atoms with Gasteiger partial charge in [-0.15, -0.1) is 0 Å². The van der Waals surface area contributed by atoms with Gasteiger partial charge in [-0.05, 0) is 61.9 Å². The van der Waals surface area contributed by atoms with Crippen molar-refractivity contribution in [2.75, 3.05) is 18.4 Å². The molecule has 3 rings (SSSR count). The molecule has 0 radical (unpaired) electrons. The number of aryl methyl sites for hydroxylation is 1. The van der Waals surface area contributed by atoms with E-state index in [1.165, 1.54) is 12.1 Å². The molecule has 1 aliphatic heterocycles. The minimum atomic E-state index is -0.312. The number of anilines is 1. The summed E-state index contributed by atoms with van der Waals surface area (Å²) >= 11 is 0. The summed E-state index contributed by atoms with van der Waals surface area (Å²) in [6, 6.07) is 6.12. The molecule has 2 amide bonds. The van der Waals surface area contributed by atoms with Crippen molar-refractivity contribution < 1.29 is 14.0 Å². The first-order valence-corrected chi connectivity index (χ1v) is 9.32. The molecule has 6 nitrogen and oxygen atoms in total. The van der Waals surface area contributed by atoms with Crippen molar-refractivity contribution in [3.63, 3.8) is 0 Å². The van der Waals surface area contributed by atoms with Gasteiger partial charge in [0.05, 0.1) is 0 Å². The van der Waals surface area contributed by atoms with E-state index >= 15 is 0 Å². The van der Waals surface area contributed by atoms with Crippen LogP contribution in [0.2, 0.25) is 0 Å². The molecule has 0 saturated carbocycles. The zero-order valence-corrected chi connectivity index (χ0v) is 15.5. The lowest BCUT2D eigenvalue weighted by Gasteiger charge is -2.32. The molecule has 1 atom stereocenters. The minimum absolute atomic E-state index is 0.0646. The number of hydrogen-bond donors (Lipinski definition) is 1. The Hall–Kier alpha value is -2.70. The first kappa shape index (κ1) is 19.1. The zero-order chi connectivity index (χ0) is 19.2. The summed E-state index contributed by atoms with van der Waals surface area (Å²) in [4.78, 5) is 26.5. The van der Waals surface area contributed by atoms with Crippen LogP contribution in [0.15, 0.2) is 36.7 Å². The van der Waals surface area contributed by atoms with E-state index < -0.39 is 0 Å². The van der Waals surface area contributed by atoms with Gasteiger partial charge in [0.15, 0.2) is 0 Å². The van der Waals surface area contributed by atoms with Crippen LogP contribution in [0.4, 0.5) is 10.1 Å². The topological polar surface area (TPSA) is 67.2 Å². The van der Waals surface area contributed by atoms with E-state index in [1.807, 2.05) is 4.90 Å². The smallest absolute Gasteiger partial charge is 0.244 e. The third kappa shape index (κ3) is 5.39. The molecule has 144 valence electrons. The van der Waals surface area contributed by atoms with Crippen LogP contribution in [0, 0.1) is 18.7 Å². The van der Waals surface area contributed by atoms with Gasteiger partial charge >= 0.3 is 0 Å². The van der Waals surface area contributed by atoms with Gasteiger partial charge in [0.1, 0.15) is 12.4 Å². The molecule has 27 heavy (non-hydrogen) atoms. The van der Waals surface area contributed by atoms with Crippen LogP contribution in [0.5, 0.6) is 0 Å². The maximum Gasteiger partial charge on any atom is 0.244 e. The highest BCUT2D eigenvalue weighted by Gasteiger charge is 2.24. The van der Waals surface area contributed by atoms with Gasteiger partial charge in [-0.3, -0.25) is 14.3 Å². The molecule has 1 fully saturated rings. The van der Waals surface area contributed by atoms with Crippen LogP contribution in [0.3, 0.4) is 0 Å². The Kier molecular flexibility index (Phi) is 6.21. The summed E-state index contributed by atoms with van der Waals surface area (Å²) in [5.41, 5.74) is 1.34. The predicted molar refractivity (Wildman–Crippen MR) is 101 cm³/mol. The van der Waals surface area contributed by atoms with Crippen molar-refractivity contribution in [3.8, 4) is 0 Å². The maximum atomic E-state index is 13.1. The fraction of sp³-hybridized carbons (Fsp3) is 0.450. The Balaban J connectivity index is 1.46. The van der Waals surface area contributed by atoms with E-state index in [0.29, 0.717) is 30.1 Å². The Bertz CT molecular complexity index is 791. The van der Waals surface area contributed by atoms with Gasteiger partial charge in [0.25, 0.3) is 0 Å². The first-order valence-electron chi connectivity index (χ1n) is 9.32. The van der Waals surface area contributed by atoms with Crippen LogP contribution in [-0.4, -0.2) is 39.6 Å². The summed E-state index contributed by atoms with van der Waals surface area (Å²) in [6.07, 6.45) is 6.54. The Morgan fingerprint density at radius 3 is 2.96 bits per heavy atom. The molecule has 0 bridgehead atoms. The lowest BCUT2D eigenvalue weighted by Crippen LogP contribution is -2.41. The van der Waals surface area contributed by atoms with Crippen molar-refractivity contribution in [1.82, 2.24) is 14.7 Å². The Morgan fingerprint density at radius 1 is 1.37 bits per heavy atom. The molecule has 1 aromatic carbocycles. The number of nitrogens with zero attached hydrogens (tertiary/aromatic N) is 3. The van der Waals surface area contributed by atoms with Gasteiger partial charge < -0.3 is 10.2 Å². The van der Waals surface area contributed by atoms with Crippen molar-refractivity contribution in [2.45, 2.75) is 39.2 Å². The second-order valence-electron chi connectivity index (χ2n) is 7.10. The molecule has 0 spiro atoms. The van der Waals surface area contributed by atoms with Crippen LogP contribution in [0.25, 0.3) is 0 Å². The van der Waals surface area contributed by atoms with E-state index in [2.05, 4.69) is 10.4 Å². The quantitative estimate of drug-likeness (QED) is 0.848. The van der Waals surface area contributed by atoms with Crippen LogP contribution < -0.4 is 5.32 Å². The van der Waals surface area contributed by atoms with Gasteiger partial charge in [0.2, 0.25) is 11.8 Å². The number of amides is 2. The number of carbonyl (C=O) groups is 2. The number of benzene rings is 1. The van der Waals surface area contributed by atoms with Crippen molar-refractivity contribution in [3.05, 3.63) is 48.0 Å². The lowest BCUT2D eigenvalue weighted by atomic mass is 9.93. The van der Waals surface area contributed by atoms with E-state index in [4.69, 9.17) is 0 Å². The summed E-state index contributed by atoms with van der Waals surface area (Å²) in [5.74, 6) is -0.00699. The molecular formula is C20H25FN4O2. The third-order valence-electron chi connectivity index (χ3n) is 4.97. The van der Waals surface area contributed by atoms with Gasteiger partial charge in [-0.2, -0.15) is 5.10 Å². The summed E-state index contributed by atoms with van der Waals surface area (Å²) < 4.78 is 14.8. The van der Waals surface area contributed by atoms with E-state index in [-0.39, 0.29) is 24.2 Å². The van der Waals surface area contributed by atoms with Crippen molar-refractivity contribution in [2.24, 2.45) is 5.92 Å². The van der Waals surface area contributed by atoms with Crippen LogP contribution in [-0.2, 0) is 16.1 Å². The average molecular weight is 372 g/mol. The Labute approximate surface area is 158 Å². The van der Waals surface area contributed by atoms with Crippen LogP contribution >= 0.6 is 0 Å². The highest BCUT2D eigenvalue weighted by molar-refractivity contribution is 5.91. The maximum absolute atomic E-state index is 13.1. The third-order valence-corrected chi connectivity index (χ3v) is 4.97.